The summed E-state index contributed by atoms with van der Waals surface area (Å²) in [6.07, 6.45) is 0. The average Bonchev–Trinajstić information content (AvgIpc) is 2.69. The molecule has 1 unspecified atom stereocenters. The van der Waals surface area contributed by atoms with Gasteiger partial charge in [0.15, 0.2) is 0 Å². The monoisotopic (exact) mass is 455 g/mol. The first-order chi connectivity index (χ1) is 13.4. The minimum absolute atomic E-state index is 0.0375. The van der Waals surface area contributed by atoms with E-state index in [1.165, 1.54) is 12.1 Å². The number of carbonyl (C=O) groups is 1. The molecule has 0 bridgehead atoms. The van der Waals surface area contributed by atoms with Gasteiger partial charge in [0.2, 0.25) is 5.91 Å². The molecular weight excluding hydrogens is 438 g/mol. The Kier molecular flexibility index (Phi) is 4.85. The molecule has 6 heteroatoms. The molecule has 4 rings (SSSR count). The predicted molar refractivity (Wildman–Crippen MR) is 111 cm³/mol. The van der Waals surface area contributed by atoms with Crippen LogP contribution in [0, 0.1) is 6.92 Å². The fourth-order valence-corrected chi connectivity index (χ4v) is 5.14. The second kappa shape index (κ2) is 7.18. The molecular formula is C22H18BrNO3S. The SMILES string of the molecule is Cc1ccc(C2C(=O)N(S(=O)(=O)c3ccc(Br)cc3)Cc3ccccc32)cc1. The lowest BCUT2D eigenvalue weighted by Crippen LogP contribution is -2.43. The Labute approximate surface area is 173 Å². The summed E-state index contributed by atoms with van der Waals surface area (Å²) in [5, 5.41) is 0. The zero-order chi connectivity index (χ0) is 19.9. The van der Waals surface area contributed by atoms with Gasteiger partial charge in [-0.1, -0.05) is 70.0 Å². The van der Waals surface area contributed by atoms with Gasteiger partial charge < -0.3 is 0 Å². The number of carbonyl (C=O) groups excluding carboxylic acids is 1. The highest BCUT2D eigenvalue weighted by molar-refractivity contribution is 9.10. The Bertz CT molecular complexity index is 1140. The van der Waals surface area contributed by atoms with Crippen molar-refractivity contribution in [2.45, 2.75) is 24.3 Å². The van der Waals surface area contributed by atoms with Gasteiger partial charge in [-0.05, 0) is 47.9 Å². The predicted octanol–water partition coefficient (Wildman–Crippen LogP) is 4.62. The molecule has 3 aromatic rings. The minimum atomic E-state index is -3.96. The molecule has 4 nitrogen and oxygen atoms in total. The number of rotatable bonds is 3. The molecule has 0 radical (unpaired) electrons. The van der Waals surface area contributed by atoms with Crippen molar-refractivity contribution < 1.29 is 13.2 Å². The van der Waals surface area contributed by atoms with Crippen molar-refractivity contribution in [1.82, 2.24) is 4.31 Å². The third kappa shape index (κ3) is 3.27. The van der Waals surface area contributed by atoms with Crippen molar-refractivity contribution in [2.75, 3.05) is 0 Å². The van der Waals surface area contributed by atoms with Crippen LogP contribution in [0.3, 0.4) is 0 Å². The summed E-state index contributed by atoms with van der Waals surface area (Å²) in [6, 6.07) is 21.5. The van der Waals surface area contributed by atoms with Crippen molar-refractivity contribution in [3.8, 4) is 0 Å². The highest BCUT2D eigenvalue weighted by atomic mass is 79.9. The van der Waals surface area contributed by atoms with E-state index in [9.17, 15) is 13.2 Å². The number of nitrogens with zero attached hydrogens (tertiary/aromatic N) is 1. The Morgan fingerprint density at radius 2 is 1.57 bits per heavy atom. The maximum Gasteiger partial charge on any atom is 0.266 e. The topological polar surface area (TPSA) is 54.5 Å². The van der Waals surface area contributed by atoms with E-state index in [-0.39, 0.29) is 11.4 Å². The Morgan fingerprint density at radius 3 is 2.25 bits per heavy atom. The highest BCUT2D eigenvalue weighted by Crippen LogP contribution is 2.37. The van der Waals surface area contributed by atoms with Gasteiger partial charge in [-0.3, -0.25) is 4.79 Å². The second-order valence-electron chi connectivity index (χ2n) is 6.85. The van der Waals surface area contributed by atoms with Crippen LogP contribution in [-0.4, -0.2) is 18.6 Å². The molecule has 1 aliphatic rings. The van der Waals surface area contributed by atoms with Gasteiger partial charge in [-0.25, -0.2) is 12.7 Å². The number of hydrogen-bond donors (Lipinski definition) is 0. The Balaban J connectivity index is 1.84. The van der Waals surface area contributed by atoms with Crippen LogP contribution in [0.25, 0.3) is 0 Å². The maximum absolute atomic E-state index is 13.4. The number of sulfonamides is 1. The summed E-state index contributed by atoms with van der Waals surface area (Å²) >= 11 is 3.31. The van der Waals surface area contributed by atoms with E-state index in [4.69, 9.17) is 0 Å². The molecule has 1 amide bonds. The fraction of sp³-hybridized carbons (Fsp3) is 0.136. The summed E-state index contributed by atoms with van der Waals surface area (Å²) in [5.41, 5.74) is 3.57. The summed E-state index contributed by atoms with van der Waals surface area (Å²) in [7, 11) is -3.96. The third-order valence-electron chi connectivity index (χ3n) is 4.99. The number of hydrogen-bond acceptors (Lipinski definition) is 3. The van der Waals surface area contributed by atoms with Gasteiger partial charge in [0.25, 0.3) is 10.0 Å². The summed E-state index contributed by atoms with van der Waals surface area (Å²) < 4.78 is 28.3. The molecule has 3 aromatic carbocycles. The molecule has 1 aliphatic heterocycles. The first-order valence-electron chi connectivity index (χ1n) is 8.84. The van der Waals surface area contributed by atoms with Crippen LogP contribution in [0.15, 0.2) is 82.2 Å². The van der Waals surface area contributed by atoms with Gasteiger partial charge in [0, 0.05) is 4.47 Å². The van der Waals surface area contributed by atoms with Crippen LogP contribution >= 0.6 is 15.9 Å². The zero-order valence-electron chi connectivity index (χ0n) is 15.2. The lowest BCUT2D eigenvalue weighted by Gasteiger charge is -2.33. The molecule has 1 heterocycles. The lowest BCUT2D eigenvalue weighted by atomic mass is 9.84. The largest absolute Gasteiger partial charge is 0.273 e. The molecule has 1 atom stereocenters. The summed E-state index contributed by atoms with van der Waals surface area (Å²) in [5.74, 6) is -1.07. The van der Waals surface area contributed by atoms with E-state index in [0.717, 1.165) is 31.0 Å². The van der Waals surface area contributed by atoms with Crippen molar-refractivity contribution in [1.29, 1.82) is 0 Å². The molecule has 0 spiro atoms. The van der Waals surface area contributed by atoms with Crippen LogP contribution in [0.2, 0.25) is 0 Å². The van der Waals surface area contributed by atoms with Gasteiger partial charge in [-0.2, -0.15) is 0 Å². The molecule has 0 N–H and O–H groups in total. The minimum Gasteiger partial charge on any atom is -0.273 e. The Morgan fingerprint density at radius 1 is 0.929 bits per heavy atom. The summed E-state index contributed by atoms with van der Waals surface area (Å²) in [4.78, 5) is 13.5. The van der Waals surface area contributed by atoms with Crippen LogP contribution in [0.4, 0.5) is 0 Å². The smallest absolute Gasteiger partial charge is 0.266 e. The van der Waals surface area contributed by atoms with Crippen LogP contribution in [0.1, 0.15) is 28.2 Å². The number of halogens is 1. The lowest BCUT2D eigenvalue weighted by molar-refractivity contribution is -0.128. The number of aryl methyl sites for hydroxylation is 1. The van der Waals surface area contributed by atoms with E-state index < -0.39 is 21.8 Å². The molecule has 28 heavy (non-hydrogen) atoms. The van der Waals surface area contributed by atoms with Crippen molar-refractivity contribution >= 4 is 31.9 Å². The molecule has 142 valence electrons. The van der Waals surface area contributed by atoms with Gasteiger partial charge in [0.1, 0.15) is 0 Å². The first kappa shape index (κ1) is 18.9. The third-order valence-corrected chi connectivity index (χ3v) is 7.27. The average molecular weight is 456 g/mol. The normalized spacial score (nSPS) is 16.7. The second-order valence-corrected chi connectivity index (χ2v) is 9.62. The van der Waals surface area contributed by atoms with E-state index in [1.54, 1.807) is 12.1 Å². The van der Waals surface area contributed by atoms with E-state index in [0.29, 0.717) is 0 Å². The standard InChI is InChI=1S/C22H18BrNO3S/c1-15-6-8-16(9-7-15)21-20-5-3-2-4-17(20)14-24(22(21)25)28(26,27)19-12-10-18(23)11-13-19/h2-13,21H,14H2,1H3. The molecule has 0 aliphatic carbocycles. The quantitative estimate of drug-likeness (QED) is 0.578. The van der Waals surface area contributed by atoms with E-state index in [2.05, 4.69) is 15.9 Å². The molecule has 0 saturated heterocycles. The van der Waals surface area contributed by atoms with Crippen molar-refractivity contribution in [3.63, 3.8) is 0 Å². The van der Waals surface area contributed by atoms with Crippen LogP contribution in [-0.2, 0) is 21.4 Å². The summed E-state index contributed by atoms with van der Waals surface area (Å²) in [6.45, 7) is 2.01. The van der Waals surface area contributed by atoms with Crippen molar-refractivity contribution in [3.05, 3.63) is 99.5 Å². The number of fused-ring (bicyclic) bond motifs is 1. The molecule has 0 saturated carbocycles. The Hall–Kier alpha value is -2.44. The maximum atomic E-state index is 13.4. The fourth-order valence-electron chi connectivity index (χ4n) is 3.49. The number of benzene rings is 3. The van der Waals surface area contributed by atoms with E-state index in [1.807, 2.05) is 55.5 Å². The highest BCUT2D eigenvalue weighted by Gasteiger charge is 2.40. The molecule has 0 aromatic heterocycles. The molecule has 0 fully saturated rings. The van der Waals surface area contributed by atoms with E-state index >= 15 is 0 Å². The van der Waals surface area contributed by atoms with Crippen LogP contribution in [0.5, 0.6) is 0 Å². The van der Waals surface area contributed by atoms with Crippen molar-refractivity contribution in [2.24, 2.45) is 0 Å². The van der Waals surface area contributed by atoms with Crippen LogP contribution < -0.4 is 0 Å². The zero-order valence-corrected chi connectivity index (χ0v) is 17.6. The number of amides is 1. The van der Waals surface area contributed by atoms with Gasteiger partial charge in [-0.15, -0.1) is 0 Å². The van der Waals surface area contributed by atoms with Gasteiger partial charge in [0.05, 0.1) is 17.4 Å². The first-order valence-corrected chi connectivity index (χ1v) is 11.1. The van der Waals surface area contributed by atoms with Gasteiger partial charge >= 0.3 is 0 Å².